The molecule has 1 aromatic rings. The first-order valence-corrected chi connectivity index (χ1v) is 5.92. The van der Waals surface area contributed by atoms with E-state index in [1.54, 1.807) is 39.5 Å². The second-order valence-electron chi connectivity index (χ2n) is 4.23. The molecule has 1 rings (SSSR count). The summed E-state index contributed by atoms with van der Waals surface area (Å²) in [6.45, 7) is 3.79. The Hall–Kier alpha value is -1.62. The zero-order valence-electron chi connectivity index (χ0n) is 11.3. The maximum atomic E-state index is 12.1. The summed E-state index contributed by atoms with van der Waals surface area (Å²) in [4.78, 5) is 16.1. The summed E-state index contributed by atoms with van der Waals surface area (Å²) < 4.78 is 10.3. The lowest BCUT2D eigenvalue weighted by molar-refractivity contribution is -0.136. The van der Waals surface area contributed by atoms with Gasteiger partial charge in [-0.25, -0.2) is 4.98 Å². The van der Waals surface area contributed by atoms with Crippen LogP contribution in [-0.2, 0) is 9.53 Å². The number of nitrogens with zero attached hydrogens (tertiary/aromatic N) is 1. The molecular weight excluding hydrogens is 232 g/mol. The number of carbonyl (C=O) groups is 1. The fourth-order valence-electron chi connectivity index (χ4n) is 1.62. The highest BCUT2D eigenvalue weighted by molar-refractivity contribution is 5.96. The number of ether oxygens (including phenoxy) is 2. The van der Waals surface area contributed by atoms with E-state index < -0.39 is 5.60 Å². The quantitative estimate of drug-likeness (QED) is 0.843. The number of hydrogen-bond acceptors (Lipinski definition) is 4. The zero-order valence-corrected chi connectivity index (χ0v) is 11.3. The summed E-state index contributed by atoms with van der Waals surface area (Å²) in [5.74, 6) is 0.342. The average Bonchev–Trinajstić information content (AvgIpc) is 2.39. The summed E-state index contributed by atoms with van der Waals surface area (Å²) >= 11 is 0. The minimum Gasteiger partial charge on any atom is -0.481 e. The van der Waals surface area contributed by atoms with E-state index in [9.17, 15) is 4.79 Å². The summed E-state index contributed by atoms with van der Waals surface area (Å²) in [6.07, 6.45) is 3.09. The van der Waals surface area contributed by atoms with E-state index >= 15 is 0 Å². The molecule has 0 bridgehead atoms. The molecule has 1 atom stereocenters. The molecule has 5 heteroatoms. The lowest BCUT2D eigenvalue weighted by Crippen LogP contribution is -2.41. The second kappa shape index (κ2) is 6.35. The van der Waals surface area contributed by atoms with Crippen LogP contribution in [0, 0.1) is 0 Å². The first kappa shape index (κ1) is 14.4. The highest BCUT2D eigenvalue weighted by Crippen LogP contribution is 2.20. The third-order valence-corrected chi connectivity index (χ3v) is 2.86. The van der Waals surface area contributed by atoms with Crippen molar-refractivity contribution in [1.29, 1.82) is 0 Å². The Balaban J connectivity index is 2.73. The van der Waals surface area contributed by atoms with Crippen LogP contribution in [0.2, 0.25) is 0 Å². The molecule has 0 radical (unpaired) electrons. The van der Waals surface area contributed by atoms with Gasteiger partial charge in [0.25, 0.3) is 5.91 Å². The lowest BCUT2D eigenvalue weighted by Gasteiger charge is -2.26. The van der Waals surface area contributed by atoms with Gasteiger partial charge in [0, 0.05) is 13.2 Å². The van der Waals surface area contributed by atoms with Gasteiger partial charge in [0.05, 0.1) is 19.0 Å². The van der Waals surface area contributed by atoms with Crippen molar-refractivity contribution in [2.75, 3.05) is 19.5 Å². The van der Waals surface area contributed by atoms with Gasteiger partial charge in [-0.2, -0.15) is 0 Å². The van der Waals surface area contributed by atoms with Crippen LogP contribution < -0.4 is 10.1 Å². The molecule has 5 nitrogen and oxygen atoms in total. The predicted molar refractivity (Wildman–Crippen MR) is 69.7 cm³/mol. The minimum atomic E-state index is -0.811. The van der Waals surface area contributed by atoms with E-state index in [2.05, 4.69) is 10.3 Å². The van der Waals surface area contributed by atoms with Gasteiger partial charge in [-0.05, 0) is 19.4 Å². The van der Waals surface area contributed by atoms with Crippen LogP contribution in [0.1, 0.15) is 26.7 Å². The molecule has 18 heavy (non-hydrogen) atoms. The molecule has 1 heterocycles. The van der Waals surface area contributed by atoms with Gasteiger partial charge in [-0.3, -0.25) is 4.79 Å². The fraction of sp³-hybridized carbons (Fsp3) is 0.538. The van der Waals surface area contributed by atoms with Gasteiger partial charge < -0.3 is 14.8 Å². The van der Waals surface area contributed by atoms with Gasteiger partial charge in [-0.15, -0.1) is 0 Å². The van der Waals surface area contributed by atoms with Crippen LogP contribution in [0.5, 0.6) is 5.88 Å². The number of pyridine rings is 1. The lowest BCUT2D eigenvalue weighted by atomic mass is 9.99. The first-order chi connectivity index (χ1) is 8.55. The fourth-order valence-corrected chi connectivity index (χ4v) is 1.62. The van der Waals surface area contributed by atoms with Crippen molar-refractivity contribution in [3.8, 4) is 5.88 Å². The van der Waals surface area contributed by atoms with Gasteiger partial charge in [0.2, 0.25) is 5.88 Å². The third-order valence-electron chi connectivity index (χ3n) is 2.86. The Morgan fingerprint density at radius 2 is 2.17 bits per heavy atom. The molecule has 1 aromatic heterocycles. The number of hydrogen-bond donors (Lipinski definition) is 1. The number of anilines is 1. The van der Waals surface area contributed by atoms with E-state index in [4.69, 9.17) is 9.47 Å². The monoisotopic (exact) mass is 252 g/mol. The van der Waals surface area contributed by atoms with E-state index in [0.29, 0.717) is 18.0 Å². The summed E-state index contributed by atoms with van der Waals surface area (Å²) in [5, 5.41) is 2.79. The highest BCUT2D eigenvalue weighted by Gasteiger charge is 2.32. The number of rotatable bonds is 6. The maximum absolute atomic E-state index is 12.1. The zero-order chi connectivity index (χ0) is 13.6. The van der Waals surface area contributed by atoms with E-state index in [-0.39, 0.29) is 5.91 Å². The summed E-state index contributed by atoms with van der Waals surface area (Å²) in [6, 6.07) is 3.44. The molecule has 1 unspecified atom stereocenters. The van der Waals surface area contributed by atoms with E-state index in [1.807, 2.05) is 6.92 Å². The first-order valence-electron chi connectivity index (χ1n) is 5.92. The second-order valence-corrected chi connectivity index (χ2v) is 4.23. The molecule has 0 saturated heterocycles. The number of aromatic nitrogens is 1. The third kappa shape index (κ3) is 3.43. The summed E-state index contributed by atoms with van der Waals surface area (Å²) in [5.41, 5.74) is -0.186. The number of methoxy groups -OCH3 is 2. The van der Waals surface area contributed by atoms with Crippen molar-refractivity contribution in [3.05, 3.63) is 18.3 Å². The van der Waals surface area contributed by atoms with Gasteiger partial charge >= 0.3 is 0 Å². The van der Waals surface area contributed by atoms with Gasteiger partial charge in [0.15, 0.2) is 0 Å². The SMILES string of the molecule is CCCC(C)(OC)C(=O)Nc1ccc(OC)nc1. The van der Waals surface area contributed by atoms with Crippen molar-refractivity contribution in [2.24, 2.45) is 0 Å². The molecule has 0 fully saturated rings. The van der Waals surface area contributed by atoms with Crippen molar-refractivity contribution < 1.29 is 14.3 Å². The van der Waals surface area contributed by atoms with Crippen LogP contribution in [0.4, 0.5) is 5.69 Å². The average molecular weight is 252 g/mol. The van der Waals surface area contributed by atoms with Crippen LogP contribution in [0.15, 0.2) is 18.3 Å². The highest BCUT2D eigenvalue weighted by atomic mass is 16.5. The molecule has 0 spiro atoms. The standard InChI is InChI=1S/C13H20N2O3/c1-5-8-13(2,18-4)12(16)15-10-6-7-11(17-3)14-9-10/h6-7,9H,5,8H2,1-4H3,(H,15,16). The molecule has 0 saturated carbocycles. The van der Waals surface area contributed by atoms with Gasteiger partial charge in [0.1, 0.15) is 5.60 Å². The maximum Gasteiger partial charge on any atom is 0.256 e. The Kier molecular flexibility index (Phi) is 5.09. The Morgan fingerprint density at radius 1 is 1.44 bits per heavy atom. The predicted octanol–water partition coefficient (Wildman–Crippen LogP) is 2.23. The van der Waals surface area contributed by atoms with Crippen LogP contribution in [-0.4, -0.2) is 30.7 Å². The molecular formula is C13H20N2O3. The molecule has 100 valence electrons. The normalized spacial score (nSPS) is 13.8. The van der Waals surface area contributed by atoms with Gasteiger partial charge in [-0.1, -0.05) is 13.3 Å². The Morgan fingerprint density at radius 3 is 2.61 bits per heavy atom. The largest absolute Gasteiger partial charge is 0.481 e. The van der Waals surface area contributed by atoms with Crippen molar-refractivity contribution in [3.63, 3.8) is 0 Å². The summed E-state index contributed by atoms with van der Waals surface area (Å²) in [7, 11) is 3.09. The molecule has 0 aliphatic rings. The Bertz CT molecular complexity index is 392. The van der Waals surface area contributed by atoms with E-state index in [0.717, 1.165) is 6.42 Å². The van der Waals surface area contributed by atoms with Crippen LogP contribution in [0.3, 0.4) is 0 Å². The number of amides is 1. The molecule has 0 aliphatic carbocycles. The number of carbonyl (C=O) groups excluding carboxylic acids is 1. The number of nitrogens with one attached hydrogen (secondary N) is 1. The van der Waals surface area contributed by atoms with Crippen LogP contribution in [0.25, 0.3) is 0 Å². The van der Waals surface area contributed by atoms with Crippen molar-refractivity contribution in [2.45, 2.75) is 32.3 Å². The van der Waals surface area contributed by atoms with Crippen molar-refractivity contribution in [1.82, 2.24) is 4.98 Å². The molecule has 0 aliphatic heterocycles. The molecule has 0 aromatic carbocycles. The molecule has 1 amide bonds. The van der Waals surface area contributed by atoms with E-state index in [1.165, 1.54) is 0 Å². The minimum absolute atomic E-state index is 0.168. The smallest absolute Gasteiger partial charge is 0.256 e. The molecule has 1 N–H and O–H groups in total. The van der Waals surface area contributed by atoms with Crippen LogP contribution >= 0.6 is 0 Å². The topological polar surface area (TPSA) is 60.5 Å². The Labute approximate surface area is 108 Å². The van der Waals surface area contributed by atoms with Crippen molar-refractivity contribution >= 4 is 11.6 Å².